The number of carbonyl (C=O) groups is 1. The maximum atomic E-state index is 11.0. The van der Waals surface area contributed by atoms with Gasteiger partial charge in [-0.05, 0) is 20.3 Å². The highest BCUT2D eigenvalue weighted by atomic mass is 16.5. The van der Waals surface area contributed by atoms with Gasteiger partial charge < -0.3 is 4.74 Å². The summed E-state index contributed by atoms with van der Waals surface area (Å²) in [5, 5.41) is 0. The lowest BCUT2D eigenvalue weighted by atomic mass is 10.2. The maximum absolute atomic E-state index is 11.0. The molecule has 0 aromatic rings. The summed E-state index contributed by atoms with van der Waals surface area (Å²) < 4.78 is 4.79. The molecule has 64 valence electrons. The second kappa shape index (κ2) is 5.96. The Hall–Kier alpha value is -0.790. The summed E-state index contributed by atoms with van der Waals surface area (Å²) in [7, 11) is 0. The number of esters is 1. The molecular weight excluding hydrogens is 140 g/mol. The van der Waals surface area contributed by atoms with Crippen molar-refractivity contribution in [3.63, 3.8) is 0 Å². The van der Waals surface area contributed by atoms with E-state index < -0.39 is 0 Å². The Kier molecular flexibility index (Phi) is 5.53. The van der Waals surface area contributed by atoms with Crippen LogP contribution in [0.25, 0.3) is 0 Å². The summed E-state index contributed by atoms with van der Waals surface area (Å²) in [4.78, 5) is 11.0. The fraction of sp³-hybridized carbons (Fsp3) is 0.667. The van der Waals surface area contributed by atoms with E-state index in [-0.39, 0.29) is 5.97 Å². The minimum absolute atomic E-state index is 0.194. The smallest absolute Gasteiger partial charge is 0.333 e. The molecule has 0 N–H and O–H groups in total. The van der Waals surface area contributed by atoms with E-state index in [1.165, 1.54) is 0 Å². The molecule has 2 nitrogen and oxygen atoms in total. The van der Waals surface area contributed by atoms with Gasteiger partial charge in [0.2, 0.25) is 0 Å². The second-order valence-electron chi connectivity index (χ2n) is 2.40. The van der Waals surface area contributed by atoms with Gasteiger partial charge >= 0.3 is 5.97 Å². The molecule has 0 heterocycles. The Morgan fingerprint density at radius 1 is 1.45 bits per heavy atom. The van der Waals surface area contributed by atoms with E-state index >= 15 is 0 Å². The van der Waals surface area contributed by atoms with Gasteiger partial charge in [0.15, 0.2) is 0 Å². The zero-order valence-electron chi connectivity index (χ0n) is 7.52. The topological polar surface area (TPSA) is 26.3 Å². The molecule has 0 radical (unpaired) electrons. The summed E-state index contributed by atoms with van der Waals surface area (Å²) in [6.45, 7) is 6.13. The van der Waals surface area contributed by atoms with Crippen LogP contribution in [-0.2, 0) is 9.53 Å². The molecular formula is C9H16O2. The lowest BCUT2D eigenvalue weighted by Crippen LogP contribution is -2.04. The van der Waals surface area contributed by atoms with Crippen molar-refractivity contribution in [2.24, 2.45) is 0 Å². The summed E-state index contributed by atoms with van der Waals surface area (Å²) in [6, 6.07) is 0. The van der Waals surface area contributed by atoms with Gasteiger partial charge in [-0.2, -0.15) is 0 Å². The van der Waals surface area contributed by atoms with Crippen LogP contribution in [0.1, 0.15) is 33.6 Å². The molecule has 0 unspecified atom stereocenters. The van der Waals surface area contributed by atoms with Gasteiger partial charge in [-0.1, -0.05) is 19.4 Å². The van der Waals surface area contributed by atoms with Crippen LogP contribution < -0.4 is 0 Å². The number of hydrogen-bond acceptors (Lipinski definition) is 2. The van der Waals surface area contributed by atoms with Crippen LogP contribution in [0.4, 0.5) is 0 Å². The van der Waals surface area contributed by atoms with E-state index in [0.29, 0.717) is 12.2 Å². The third kappa shape index (κ3) is 4.59. The molecule has 0 amide bonds. The summed E-state index contributed by atoms with van der Waals surface area (Å²) in [5.41, 5.74) is 0.716. The number of ether oxygens (including phenoxy) is 1. The average Bonchev–Trinajstić information content (AvgIpc) is 2.00. The minimum Gasteiger partial charge on any atom is -0.463 e. The molecule has 0 spiro atoms. The van der Waals surface area contributed by atoms with Crippen LogP contribution in [0, 0.1) is 0 Å². The van der Waals surface area contributed by atoms with Crippen LogP contribution >= 0.6 is 0 Å². The third-order valence-electron chi connectivity index (χ3n) is 1.34. The Balaban J connectivity index is 3.80. The van der Waals surface area contributed by atoms with E-state index in [1.807, 2.05) is 13.0 Å². The monoisotopic (exact) mass is 156 g/mol. The first kappa shape index (κ1) is 10.2. The molecule has 0 saturated heterocycles. The van der Waals surface area contributed by atoms with Crippen molar-refractivity contribution in [1.82, 2.24) is 0 Å². The molecule has 2 heteroatoms. The predicted octanol–water partition coefficient (Wildman–Crippen LogP) is 2.30. The van der Waals surface area contributed by atoms with Crippen molar-refractivity contribution in [2.45, 2.75) is 33.6 Å². The molecule has 0 aliphatic carbocycles. The number of unbranched alkanes of at least 4 members (excludes halogenated alkanes) is 1. The maximum Gasteiger partial charge on any atom is 0.333 e. The van der Waals surface area contributed by atoms with Gasteiger partial charge in [-0.15, -0.1) is 0 Å². The largest absolute Gasteiger partial charge is 0.463 e. The normalized spacial score (nSPS) is 11.4. The van der Waals surface area contributed by atoms with Crippen molar-refractivity contribution in [3.05, 3.63) is 11.6 Å². The molecule has 0 aromatic carbocycles. The number of rotatable bonds is 4. The lowest BCUT2D eigenvalue weighted by molar-refractivity contribution is -0.138. The first-order valence-electron chi connectivity index (χ1n) is 4.06. The Bertz CT molecular complexity index is 148. The summed E-state index contributed by atoms with van der Waals surface area (Å²) in [5.74, 6) is -0.194. The fourth-order valence-electron chi connectivity index (χ4n) is 0.689. The number of hydrogen-bond donors (Lipinski definition) is 0. The molecule has 0 rings (SSSR count). The van der Waals surface area contributed by atoms with E-state index in [0.717, 1.165) is 12.8 Å². The van der Waals surface area contributed by atoms with Crippen LogP contribution in [-0.4, -0.2) is 12.6 Å². The van der Waals surface area contributed by atoms with Gasteiger partial charge in [0.05, 0.1) is 6.61 Å². The lowest BCUT2D eigenvalue weighted by Gasteiger charge is -2.00. The van der Waals surface area contributed by atoms with Crippen molar-refractivity contribution >= 4 is 5.97 Å². The zero-order valence-corrected chi connectivity index (χ0v) is 7.52. The van der Waals surface area contributed by atoms with Crippen molar-refractivity contribution in [1.29, 1.82) is 0 Å². The van der Waals surface area contributed by atoms with Gasteiger partial charge in [0.1, 0.15) is 0 Å². The Morgan fingerprint density at radius 2 is 2.09 bits per heavy atom. The van der Waals surface area contributed by atoms with Gasteiger partial charge in [0.25, 0.3) is 0 Å². The molecule has 11 heavy (non-hydrogen) atoms. The summed E-state index contributed by atoms with van der Waals surface area (Å²) >= 11 is 0. The Labute approximate surface area is 68.2 Å². The third-order valence-corrected chi connectivity index (χ3v) is 1.34. The van der Waals surface area contributed by atoms with Crippen LogP contribution in [0.3, 0.4) is 0 Å². The quantitative estimate of drug-likeness (QED) is 0.461. The number of carbonyl (C=O) groups excluding carboxylic acids is 1. The van der Waals surface area contributed by atoms with Crippen LogP contribution in [0.15, 0.2) is 11.6 Å². The molecule has 0 saturated carbocycles. The van der Waals surface area contributed by atoms with Crippen molar-refractivity contribution < 1.29 is 9.53 Å². The fourth-order valence-corrected chi connectivity index (χ4v) is 0.689. The summed E-state index contributed by atoms with van der Waals surface area (Å²) in [6.07, 6.45) is 3.93. The minimum atomic E-state index is -0.194. The molecule has 0 aromatic heterocycles. The first-order valence-corrected chi connectivity index (χ1v) is 4.06. The first-order chi connectivity index (χ1) is 5.22. The van der Waals surface area contributed by atoms with Crippen molar-refractivity contribution in [2.75, 3.05) is 6.61 Å². The zero-order chi connectivity index (χ0) is 8.69. The molecule has 0 bridgehead atoms. The second-order valence-corrected chi connectivity index (χ2v) is 2.40. The van der Waals surface area contributed by atoms with Crippen molar-refractivity contribution in [3.8, 4) is 0 Å². The molecule has 0 aliphatic rings. The predicted molar refractivity (Wildman–Crippen MR) is 45.3 cm³/mol. The van der Waals surface area contributed by atoms with Crippen LogP contribution in [0.5, 0.6) is 0 Å². The van der Waals surface area contributed by atoms with Gasteiger partial charge in [-0.25, -0.2) is 4.79 Å². The van der Waals surface area contributed by atoms with E-state index in [4.69, 9.17) is 4.74 Å². The molecule has 0 atom stereocenters. The average molecular weight is 156 g/mol. The van der Waals surface area contributed by atoms with Crippen LogP contribution in [0.2, 0.25) is 0 Å². The Morgan fingerprint density at radius 3 is 2.55 bits per heavy atom. The highest BCUT2D eigenvalue weighted by molar-refractivity contribution is 5.87. The standard InChI is InChI=1S/C9H16O2/c1-4-6-7-8(3)9(10)11-5-2/h7H,4-6H2,1-3H3. The van der Waals surface area contributed by atoms with E-state index in [9.17, 15) is 4.79 Å². The van der Waals surface area contributed by atoms with E-state index in [1.54, 1.807) is 6.92 Å². The number of allylic oxidation sites excluding steroid dienone is 1. The SMILES string of the molecule is CCCC=C(C)C(=O)OCC. The highest BCUT2D eigenvalue weighted by Crippen LogP contribution is 2.00. The molecule has 0 fully saturated rings. The van der Waals surface area contributed by atoms with E-state index in [2.05, 4.69) is 6.92 Å². The van der Waals surface area contributed by atoms with Gasteiger partial charge in [0, 0.05) is 5.57 Å². The van der Waals surface area contributed by atoms with Gasteiger partial charge in [-0.3, -0.25) is 0 Å². The molecule has 0 aliphatic heterocycles. The highest BCUT2D eigenvalue weighted by Gasteiger charge is 2.01.